The van der Waals surface area contributed by atoms with E-state index in [1.807, 2.05) is 0 Å². The molecule has 4 aliphatic carbocycles. The van der Waals surface area contributed by atoms with E-state index in [-0.39, 0.29) is 23.1 Å². The highest BCUT2D eigenvalue weighted by Crippen LogP contribution is 2.76. The molecule has 1 heterocycles. The number of esters is 1. The van der Waals surface area contributed by atoms with Gasteiger partial charge in [-0.2, -0.15) is 0 Å². The van der Waals surface area contributed by atoms with Crippen molar-refractivity contribution in [3.63, 3.8) is 0 Å². The summed E-state index contributed by atoms with van der Waals surface area (Å²) in [6.07, 6.45) is 11.2. The summed E-state index contributed by atoms with van der Waals surface area (Å²) in [5.41, 5.74) is 0.822. The monoisotopic (exact) mass is 416 g/mol. The fourth-order valence-corrected chi connectivity index (χ4v) is 10.4. The highest BCUT2D eigenvalue weighted by Gasteiger charge is 2.69. The highest BCUT2D eigenvalue weighted by molar-refractivity contribution is 5.72. The van der Waals surface area contributed by atoms with E-state index in [1.54, 1.807) is 0 Å². The predicted octanol–water partition coefficient (Wildman–Crippen LogP) is 6.13. The Morgan fingerprint density at radius 3 is 2.13 bits per heavy atom. The van der Waals surface area contributed by atoms with Gasteiger partial charge < -0.3 is 9.84 Å². The Hall–Kier alpha value is -0.570. The van der Waals surface area contributed by atoms with E-state index in [2.05, 4.69) is 41.5 Å². The molecule has 0 spiro atoms. The quantitative estimate of drug-likeness (QED) is 0.523. The van der Waals surface area contributed by atoms with E-state index in [0.29, 0.717) is 40.4 Å². The van der Waals surface area contributed by atoms with E-state index >= 15 is 0 Å². The van der Waals surface area contributed by atoms with Crippen LogP contribution in [-0.4, -0.2) is 22.8 Å². The molecule has 3 nitrogen and oxygen atoms in total. The fraction of sp³-hybridized carbons (Fsp3) is 0.963. The standard InChI is InChI=1S/C27H44O3/c1-23(2)19-10-15-26(5)20(24(19,3)13-11-21(23)28)8-7-17-18(9-14-25(17,26)4)27(6)16-12-22(29)30-27/h17-21,28H,7-16H2,1-6H3/t17-,18+,19+,20-,21-,24+,25-,26-,27+/m0/s1. The topological polar surface area (TPSA) is 46.5 Å². The lowest BCUT2D eigenvalue weighted by atomic mass is 9.35. The first kappa shape index (κ1) is 21.3. The third kappa shape index (κ3) is 2.45. The molecule has 1 saturated heterocycles. The zero-order valence-electron chi connectivity index (χ0n) is 20.2. The van der Waals surface area contributed by atoms with Crippen LogP contribution in [0.1, 0.15) is 106 Å². The minimum absolute atomic E-state index is 0.0158. The smallest absolute Gasteiger partial charge is 0.306 e. The van der Waals surface area contributed by atoms with Gasteiger partial charge >= 0.3 is 5.97 Å². The van der Waals surface area contributed by atoms with E-state index in [9.17, 15) is 9.90 Å². The molecular formula is C27H44O3. The van der Waals surface area contributed by atoms with Gasteiger partial charge in [-0.05, 0) is 104 Å². The Kier molecular flexibility index (Phi) is 4.45. The molecule has 0 bridgehead atoms. The van der Waals surface area contributed by atoms with Crippen molar-refractivity contribution in [2.45, 2.75) is 117 Å². The van der Waals surface area contributed by atoms with Crippen molar-refractivity contribution in [1.29, 1.82) is 0 Å². The Balaban J connectivity index is 1.49. The number of carbonyl (C=O) groups excluding carboxylic acids is 1. The molecule has 30 heavy (non-hydrogen) atoms. The summed E-state index contributed by atoms with van der Waals surface area (Å²) in [5.74, 6) is 2.59. The van der Waals surface area contributed by atoms with Crippen molar-refractivity contribution in [2.75, 3.05) is 0 Å². The number of hydrogen-bond donors (Lipinski definition) is 1. The molecule has 0 unspecified atom stereocenters. The normalized spacial score (nSPS) is 57.3. The van der Waals surface area contributed by atoms with E-state index < -0.39 is 0 Å². The number of rotatable bonds is 1. The summed E-state index contributed by atoms with van der Waals surface area (Å²) in [5, 5.41) is 10.8. The number of fused-ring (bicyclic) bond motifs is 5. The molecule has 9 atom stereocenters. The van der Waals surface area contributed by atoms with Crippen LogP contribution in [-0.2, 0) is 9.53 Å². The van der Waals surface area contributed by atoms with Crippen LogP contribution in [0, 0.1) is 45.3 Å². The SMILES string of the molecule is CC1(C)[C@H]2CC[C@@]3(C)[C@@H](CC[C@H]4[C@H]([C@@]5(C)CCC(=O)O5)CC[C@@]43C)[C@]2(C)CC[C@@H]1O. The molecule has 1 N–H and O–H groups in total. The maximum absolute atomic E-state index is 12.0. The molecule has 5 fully saturated rings. The number of cyclic esters (lactones) is 1. The van der Waals surface area contributed by atoms with Crippen LogP contribution in [0.3, 0.4) is 0 Å². The minimum Gasteiger partial charge on any atom is -0.459 e. The molecule has 3 heteroatoms. The van der Waals surface area contributed by atoms with Crippen LogP contribution in [0.25, 0.3) is 0 Å². The Labute approximate surface area is 183 Å². The summed E-state index contributed by atoms with van der Waals surface area (Å²) in [6.45, 7) is 14.7. The molecule has 0 aromatic carbocycles. The third-order valence-corrected chi connectivity index (χ3v) is 12.3. The highest BCUT2D eigenvalue weighted by atomic mass is 16.6. The summed E-state index contributed by atoms with van der Waals surface area (Å²) in [4.78, 5) is 12.0. The zero-order chi connectivity index (χ0) is 21.7. The Morgan fingerprint density at radius 1 is 0.767 bits per heavy atom. The van der Waals surface area contributed by atoms with E-state index in [4.69, 9.17) is 4.74 Å². The maximum Gasteiger partial charge on any atom is 0.306 e. The molecule has 0 amide bonds. The van der Waals surface area contributed by atoms with Gasteiger partial charge in [0, 0.05) is 12.3 Å². The fourth-order valence-electron chi connectivity index (χ4n) is 10.4. The van der Waals surface area contributed by atoms with Crippen molar-refractivity contribution in [3.8, 4) is 0 Å². The molecule has 0 aromatic rings. The van der Waals surface area contributed by atoms with Crippen molar-refractivity contribution in [1.82, 2.24) is 0 Å². The van der Waals surface area contributed by atoms with Crippen LogP contribution >= 0.6 is 0 Å². The molecule has 0 aromatic heterocycles. The zero-order valence-corrected chi connectivity index (χ0v) is 20.2. The minimum atomic E-state index is -0.235. The Morgan fingerprint density at radius 2 is 1.47 bits per heavy atom. The third-order valence-electron chi connectivity index (χ3n) is 12.3. The number of hydrogen-bond acceptors (Lipinski definition) is 3. The van der Waals surface area contributed by atoms with Crippen LogP contribution in [0.2, 0.25) is 0 Å². The van der Waals surface area contributed by atoms with Gasteiger partial charge in [-0.15, -0.1) is 0 Å². The lowest BCUT2D eigenvalue weighted by Gasteiger charge is -2.70. The molecule has 4 saturated carbocycles. The van der Waals surface area contributed by atoms with Crippen LogP contribution in [0.15, 0.2) is 0 Å². The van der Waals surface area contributed by atoms with Crippen LogP contribution in [0.5, 0.6) is 0 Å². The molecular weight excluding hydrogens is 372 g/mol. The average Bonchev–Trinajstić information content (AvgIpc) is 3.20. The Bertz CT molecular complexity index is 744. The first-order valence-corrected chi connectivity index (χ1v) is 12.8. The summed E-state index contributed by atoms with van der Waals surface area (Å²) in [7, 11) is 0. The number of ether oxygens (including phenoxy) is 1. The first-order chi connectivity index (χ1) is 13.9. The van der Waals surface area contributed by atoms with Gasteiger partial charge in [-0.25, -0.2) is 0 Å². The van der Waals surface area contributed by atoms with Crippen molar-refractivity contribution in [3.05, 3.63) is 0 Å². The second-order valence-electron chi connectivity index (χ2n) is 13.5. The summed E-state index contributed by atoms with van der Waals surface area (Å²) >= 11 is 0. The predicted molar refractivity (Wildman–Crippen MR) is 119 cm³/mol. The van der Waals surface area contributed by atoms with Gasteiger partial charge in [0.25, 0.3) is 0 Å². The van der Waals surface area contributed by atoms with E-state index in [1.165, 1.54) is 44.9 Å². The summed E-state index contributed by atoms with van der Waals surface area (Å²) < 4.78 is 5.97. The lowest BCUT2D eigenvalue weighted by Crippen LogP contribution is -2.64. The van der Waals surface area contributed by atoms with Gasteiger partial charge in [0.15, 0.2) is 0 Å². The van der Waals surface area contributed by atoms with Crippen LogP contribution in [0.4, 0.5) is 0 Å². The molecule has 5 aliphatic rings. The van der Waals surface area contributed by atoms with E-state index in [0.717, 1.165) is 18.8 Å². The van der Waals surface area contributed by atoms with Gasteiger partial charge in [0.2, 0.25) is 0 Å². The van der Waals surface area contributed by atoms with Crippen molar-refractivity contribution < 1.29 is 14.6 Å². The largest absolute Gasteiger partial charge is 0.459 e. The number of aliphatic hydroxyl groups excluding tert-OH is 1. The lowest BCUT2D eigenvalue weighted by molar-refractivity contribution is -0.225. The molecule has 0 radical (unpaired) electrons. The van der Waals surface area contributed by atoms with Gasteiger partial charge in [0.05, 0.1) is 6.10 Å². The molecule has 1 aliphatic heterocycles. The second kappa shape index (κ2) is 6.27. The molecule has 170 valence electrons. The van der Waals surface area contributed by atoms with Gasteiger partial charge in [0.1, 0.15) is 5.60 Å². The van der Waals surface area contributed by atoms with Gasteiger partial charge in [-0.3, -0.25) is 4.79 Å². The number of carbonyl (C=O) groups is 1. The van der Waals surface area contributed by atoms with Crippen LogP contribution < -0.4 is 0 Å². The van der Waals surface area contributed by atoms with Gasteiger partial charge in [-0.1, -0.05) is 34.6 Å². The van der Waals surface area contributed by atoms with Crippen molar-refractivity contribution in [2.24, 2.45) is 45.3 Å². The summed E-state index contributed by atoms with van der Waals surface area (Å²) in [6, 6.07) is 0. The number of aliphatic hydroxyl groups is 1. The maximum atomic E-state index is 12.0. The average molecular weight is 417 g/mol. The molecule has 5 rings (SSSR count). The first-order valence-electron chi connectivity index (χ1n) is 12.8. The second-order valence-corrected chi connectivity index (χ2v) is 13.5. The van der Waals surface area contributed by atoms with Crippen molar-refractivity contribution >= 4 is 5.97 Å².